The molecule has 7 heteroatoms. The first-order chi connectivity index (χ1) is 15.0. The number of benzene rings is 2. The van der Waals surface area contributed by atoms with E-state index in [9.17, 15) is 9.59 Å². The van der Waals surface area contributed by atoms with Gasteiger partial charge in [0.25, 0.3) is 5.56 Å². The van der Waals surface area contributed by atoms with Gasteiger partial charge in [-0.05, 0) is 32.4 Å². The zero-order valence-electron chi connectivity index (χ0n) is 17.8. The summed E-state index contributed by atoms with van der Waals surface area (Å²) in [6.07, 6.45) is 0.457. The van der Waals surface area contributed by atoms with E-state index in [4.69, 9.17) is 4.74 Å². The van der Waals surface area contributed by atoms with Crippen molar-refractivity contribution in [1.29, 1.82) is 0 Å². The van der Waals surface area contributed by atoms with Crippen molar-refractivity contribution < 1.29 is 9.53 Å². The lowest BCUT2D eigenvalue weighted by molar-refractivity contribution is -0.125. The summed E-state index contributed by atoms with van der Waals surface area (Å²) in [4.78, 5) is 26.5. The van der Waals surface area contributed by atoms with Crippen LogP contribution in [-0.2, 0) is 11.3 Å². The molecule has 0 unspecified atom stereocenters. The Hall–Kier alpha value is -3.19. The molecular weight excluding hydrogens is 410 g/mol. The third-order valence-corrected chi connectivity index (χ3v) is 6.59. The second-order valence-corrected chi connectivity index (χ2v) is 8.37. The van der Waals surface area contributed by atoms with Gasteiger partial charge in [-0.2, -0.15) is 5.10 Å². The quantitative estimate of drug-likeness (QED) is 0.461. The summed E-state index contributed by atoms with van der Waals surface area (Å²) in [5.74, 6) is 0.511. The van der Waals surface area contributed by atoms with Crippen molar-refractivity contribution in [2.75, 3.05) is 6.61 Å². The van der Waals surface area contributed by atoms with E-state index in [0.717, 1.165) is 31.8 Å². The molecule has 160 valence electrons. The summed E-state index contributed by atoms with van der Waals surface area (Å²) < 4.78 is 8.91. The van der Waals surface area contributed by atoms with Gasteiger partial charge in [-0.15, -0.1) is 11.3 Å². The van der Waals surface area contributed by atoms with Gasteiger partial charge in [-0.3, -0.25) is 9.59 Å². The minimum Gasteiger partial charge on any atom is -0.494 e. The van der Waals surface area contributed by atoms with Crippen molar-refractivity contribution in [1.82, 2.24) is 15.1 Å². The Morgan fingerprint density at radius 3 is 2.68 bits per heavy atom. The van der Waals surface area contributed by atoms with Crippen LogP contribution in [0.2, 0.25) is 0 Å². The van der Waals surface area contributed by atoms with Crippen molar-refractivity contribution in [3.8, 4) is 5.75 Å². The highest BCUT2D eigenvalue weighted by Gasteiger charge is 2.24. The Bertz CT molecular complexity index is 1310. The molecule has 0 saturated heterocycles. The van der Waals surface area contributed by atoms with Crippen molar-refractivity contribution in [3.63, 3.8) is 0 Å². The van der Waals surface area contributed by atoms with Gasteiger partial charge in [0.15, 0.2) is 0 Å². The van der Waals surface area contributed by atoms with E-state index in [-0.39, 0.29) is 11.5 Å². The molecular formula is C24H25N3O3S. The average Bonchev–Trinajstić information content (AvgIpc) is 3.18. The number of para-hydroxylation sites is 1. The molecule has 4 rings (SSSR count). The molecule has 0 aliphatic heterocycles. The lowest BCUT2D eigenvalue weighted by Crippen LogP contribution is -2.38. The molecule has 0 aliphatic rings. The smallest absolute Gasteiger partial charge is 0.276 e. The summed E-state index contributed by atoms with van der Waals surface area (Å²) >= 11 is 1.56. The van der Waals surface area contributed by atoms with Gasteiger partial charge in [0.2, 0.25) is 5.91 Å². The third kappa shape index (κ3) is 3.93. The third-order valence-electron chi connectivity index (χ3n) is 5.31. The van der Waals surface area contributed by atoms with Crippen LogP contribution >= 0.6 is 11.3 Å². The molecule has 1 N–H and O–H groups in total. The second-order valence-electron chi connectivity index (χ2n) is 7.32. The fraction of sp³-hybridized carbons (Fsp3) is 0.292. The minimum absolute atomic E-state index is 0.227. The van der Waals surface area contributed by atoms with Crippen LogP contribution in [0.1, 0.15) is 37.6 Å². The summed E-state index contributed by atoms with van der Waals surface area (Å²) in [5, 5.41) is 9.03. The Morgan fingerprint density at radius 1 is 1.16 bits per heavy atom. The van der Waals surface area contributed by atoms with Crippen LogP contribution in [0.4, 0.5) is 0 Å². The first-order valence-corrected chi connectivity index (χ1v) is 11.3. The lowest BCUT2D eigenvalue weighted by atomic mass is 10.1. The van der Waals surface area contributed by atoms with Crippen LogP contribution in [0.15, 0.2) is 53.3 Å². The van der Waals surface area contributed by atoms with Gasteiger partial charge >= 0.3 is 0 Å². The number of hydrogen-bond donors (Lipinski definition) is 1. The van der Waals surface area contributed by atoms with Gasteiger partial charge in [-0.25, -0.2) is 4.68 Å². The summed E-state index contributed by atoms with van der Waals surface area (Å²) in [6, 6.07) is 14.8. The second kappa shape index (κ2) is 8.89. The summed E-state index contributed by atoms with van der Waals surface area (Å²) in [7, 11) is 0. The van der Waals surface area contributed by atoms with Gasteiger partial charge in [0.05, 0.1) is 22.4 Å². The molecule has 4 aromatic rings. The Labute approximate surface area is 184 Å². The van der Waals surface area contributed by atoms with Crippen LogP contribution in [0.3, 0.4) is 0 Å². The van der Waals surface area contributed by atoms with Crippen LogP contribution < -0.4 is 15.6 Å². The standard InChI is InChI=1S/C24H25N3O3S/c1-4-18(23(28)25-14-16-10-6-8-12-19(16)30-5-2)27-24(29)21-17-11-7-9-13-20(17)31-22(21)15(3)26-27/h6-13,18H,4-5,14H2,1-3H3,(H,25,28)/t18-/m1/s1. The fourth-order valence-electron chi connectivity index (χ4n) is 3.81. The first-order valence-electron chi connectivity index (χ1n) is 10.4. The predicted octanol–water partition coefficient (Wildman–Crippen LogP) is 4.59. The number of hydrogen-bond acceptors (Lipinski definition) is 5. The number of ether oxygens (including phenoxy) is 1. The monoisotopic (exact) mass is 435 g/mol. The molecule has 2 aromatic carbocycles. The Kier molecular flexibility index (Phi) is 6.04. The molecule has 6 nitrogen and oxygen atoms in total. The van der Waals surface area contributed by atoms with E-state index >= 15 is 0 Å². The van der Waals surface area contributed by atoms with Crippen molar-refractivity contribution in [2.24, 2.45) is 0 Å². The SMILES string of the molecule is CCOc1ccccc1CNC(=O)[C@@H](CC)n1nc(C)c2sc3ccccc3c2c1=O. The van der Waals surface area contributed by atoms with Crippen LogP contribution in [0, 0.1) is 6.92 Å². The maximum absolute atomic E-state index is 13.4. The van der Waals surface area contributed by atoms with Crippen LogP contribution in [0.5, 0.6) is 5.75 Å². The van der Waals surface area contributed by atoms with Gasteiger partial charge in [0, 0.05) is 22.2 Å². The molecule has 0 spiro atoms. The number of aromatic nitrogens is 2. The summed E-state index contributed by atoms with van der Waals surface area (Å²) in [5.41, 5.74) is 1.42. The van der Waals surface area contributed by atoms with E-state index in [0.29, 0.717) is 25.0 Å². The number of carbonyl (C=O) groups is 1. The van der Waals surface area contributed by atoms with E-state index in [1.807, 2.05) is 69.3 Å². The normalized spacial score (nSPS) is 12.2. The maximum atomic E-state index is 13.4. The fourth-order valence-corrected chi connectivity index (χ4v) is 4.94. The topological polar surface area (TPSA) is 73.2 Å². The van der Waals surface area contributed by atoms with E-state index < -0.39 is 6.04 Å². The molecule has 0 saturated carbocycles. The number of rotatable bonds is 7. The van der Waals surface area contributed by atoms with Gasteiger partial charge in [-0.1, -0.05) is 43.3 Å². The molecule has 0 bridgehead atoms. The number of aryl methyl sites for hydroxylation is 1. The molecule has 31 heavy (non-hydrogen) atoms. The molecule has 2 aromatic heterocycles. The number of fused-ring (bicyclic) bond motifs is 3. The van der Waals surface area contributed by atoms with Gasteiger partial charge < -0.3 is 10.1 Å². The molecule has 2 heterocycles. The number of amides is 1. The largest absolute Gasteiger partial charge is 0.494 e. The van der Waals surface area contributed by atoms with Gasteiger partial charge in [0.1, 0.15) is 11.8 Å². The zero-order chi connectivity index (χ0) is 22.0. The van der Waals surface area contributed by atoms with Crippen molar-refractivity contribution in [2.45, 2.75) is 39.8 Å². The van der Waals surface area contributed by atoms with Crippen molar-refractivity contribution >= 4 is 37.4 Å². The Balaban J connectivity index is 1.67. The molecule has 0 radical (unpaired) electrons. The molecule has 1 amide bonds. The average molecular weight is 436 g/mol. The highest BCUT2D eigenvalue weighted by Crippen LogP contribution is 2.33. The first kappa shape index (κ1) is 21.1. The molecule has 0 fully saturated rings. The van der Waals surface area contributed by atoms with Crippen LogP contribution in [0.25, 0.3) is 20.2 Å². The van der Waals surface area contributed by atoms with E-state index in [2.05, 4.69) is 10.4 Å². The number of nitrogens with one attached hydrogen (secondary N) is 1. The minimum atomic E-state index is -0.687. The predicted molar refractivity (Wildman–Crippen MR) is 125 cm³/mol. The molecule has 1 atom stereocenters. The Morgan fingerprint density at radius 2 is 1.90 bits per heavy atom. The maximum Gasteiger partial charge on any atom is 0.276 e. The number of nitrogens with zero attached hydrogens (tertiary/aromatic N) is 2. The lowest BCUT2D eigenvalue weighted by Gasteiger charge is -2.18. The molecule has 0 aliphatic carbocycles. The summed E-state index contributed by atoms with van der Waals surface area (Å²) in [6.45, 7) is 6.57. The number of carbonyl (C=O) groups excluding carboxylic acids is 1. The zero-order valence-corrected chi connectivity index (χ0v) is 18.7. The van der Waals surface area contributed by atoms with E-state index in [1.165, 1.54) is 4.68 Å². The highest BCUT2D eigenvalue weighted by molar-refractivity contribution is 7.26. The number of thiophene rings is 1. The highest BCUT2D eigenvalue weighted by atomic mass is 32.1. The van der Waals surface area contributed by atoms with Crippen LogP contribution in [-0.4, -0.2) is 22.3 Å². The van der Waals surface area contributed by atoms with Crippen molar-refractivity contribution in [3.05, 3.63) is 70.1 Å². The van der Waals surface area contributed by atoms with E-state index in [1.54, 1.807) is 11.3 Å².